The molecule has 1 aromatic rings. The van der Waals surface area contributed by atoms with Gasteiger partial charge >= 0.3 is 0 Å². The SMILES string of the molecule is Clc1cnc(SCCCCCCCCCCN2CCSC2)c(Cl)c1. The van der Waals surface area contributed by atoms with E-state index in [9.17, 15) is 0 Å². The molecule has 1 saturated heterocycles. The molecule has 0 aliphatic carbocycles. The van der Waals surface area contributed by atoms with Crippen molar-refractivity contribution in [3.8, 4) is 0 Å². The largest absolute Gasteiger partial charge is 0.293 e. The van der Waals surface area contributed by atoms with Crippen LogP contribution < -0.4 is 0 Å². The van der Waals surface area contributed by atoms with E-state index >= 15 is 0 Å². The average Bonchev–Trinajstić information content (AvgIpc) is 3.07. The van der Waals surface area contributed by atoms with Crippen LogP contribution in [-0.2, 0) is 0 Å². The van der Waals surface area contributed by atoms with Gasteiger partial charge in [0.15, 0.2) is 0 Å². The summed E-state index contributed by atoms with van der Waals surface area (Å²) in [4.78, 5) is 6.86. The lowest BCUT2D eigenvalue weighted by Crippen LogP contribution is -2.20. The lowest BCUT2D eigenvalue weighted by molar-refractivity contribution is 0.343. The topological polar surface area (TPSA) is 16.1 Å². The fraction of sp³-hybridized carbons (Fsp3) is 0.722. The minimum atomic E-state index is 0.601. The van der Waals surface area contributed by atoms with E-state index in [2.05, 4.69) is 21.6 Å². The van der Waals surface area contributed by atoms with E-state index in [1.54, 1.807) is 24.0 Å². The first-order valence-electron chi connectivity index (χ1n) is 8.99. The number of pyridine rings is 1. The lowest BCUT2D eigenvalue weighted by Gasteiger charge is -2.12. The molecule has 136 valence electrons. The Morgan fingerprint density at radius 2 is 1.75 bits per heavy atom. The second-order valence-corrected chi connectivity index (χ2v) is 9.27. The molecule has 0 aromatic carbocycles. The summed E-state index contributed by atoms with van der Waals surface area (Å²) < 4.78 is 0. The first-order chi connectivity index (χ1) is 11.8. The quantitative estimate of drug-likeness (QED) is 0.286. The van der Waals surface area contributed by atoms with Gasteiger partial charge in [0.25, 0.3) is 0 Å². The van der Waals surface area contributed by atoms with Crippen LogP contribution >= 0.6 is 46.7 Å². The van der Waals surface area contributed by atoms with Crippen LogP contribution in [0.4, 0.5) is 0 Å². The number of aromatic nitrogens is 1. The number of rotatable bonds is 12. The van der Waals surface area contributed by atoms with Crippen LogP contribution in [-0.4, -0.2) is 40.4 Å². The molecule has 1 aliphatic rings. The Balaban J connectivity index is 1.36. The van der Waals surface area contributed by atoms with E-state index in [1.165, 1.54) is 76.1 Å². The van der Waals surface area contributed by atoms with Crippen LogP contribution in [0.2, 0.25) is 10.0 Å². The molecule has 0 amide bonds. The maximum atomic E-state index is 6.12. The van der Waals surface area contributed by atoms with Gasteiger partial charge in [-0.3, -0.25) is 4.90 Å². The highest BCUT2D eigenvalue weighted by Gasteiger charge is 2.10. The summed E-state index contributed by atoms with van der Waals surface area (Å²) in [7, 11) is 0. The second kappa shape index (κ2) is 12.7. The average molecular weight is 407 g/mol. The molecule has 6 heteroatoms. The molecule has 1 aromatic heterocycles. The van der Waals surface area contributed by atoms with Crippen LogP contribution in [0.3, 0.4) is 0 Å². The maximum absolute atomic E-state index is 6.12. The minimum absolute atomic E-state index is 0.601. The van der Waals surface area contributed by atoms with Gasteiger partial charge in [-0.2, -0.15) is 0 Å². The summed E-state index contributed by atoms with van der Waals surface area (Å²) in [6, 6.07) is 1.76. The molecular weight excluding hydrogens is 379 g/mol. The fourth-order valence-electron chi connectivity index (χ4n) is 2.80. The third kappa shape index (κ3) is 8.66. The van der Waals surface area contributed by atoms with E-state index in [4.69, 9.17) is 23.2 Å². The Bertz CT molecular complexity index is 468. The number of hydrogen-bond donors (Lipinski definition) is 0. The molecule has 0 N–H and O–H groups in total. The van der Waals surface area contributed by atoms with Crippen LogP contribution in [0.1, 0.15) is 51.4 Å². The van der Waals surface area contributed by atoms with Gasteiger partial charge in [0.2, 0.25) is 0 Å². The van der Waals surface area contributed by atoms with Gasteiger partial charge in [-0.05, 0) is 31.2 Å². The molecule has 0 radical (unpaired) electrons. The fourth-order valence-corrected chi connectivity index (χ4v) is 5.25. The Labute approximate surface area is 165 Å². The van der Waals surface area contributed by atoms with Crippen LogP contribution in [0.15, 0.2) is 17.3 Å². The second-order valence-electron chi connectivity index (χ2n) is 6.27. The van der Waals surface area contributed by atoms with Gasteiger partial charge in [-0.15, -0.1) is 23.5 Å². The van der Waals surface area contributed by atoms with Gasteiger partial charge < -0.3 is 0 Å². The van der Waals surface area contributed by atoms with E-state index in [-0.39, 0.29) is 0 Å². The highest BCUT2D eigenvalue weighted by atomic mass is 35.5. The van der Waals surface area contributed by atoms with Crippen molar-refractivity contribution in [2.45, 2.75) is 56.4 Å². The molecule has 2 heterocycles. The van der Waals surface area contributed by atoms with Crippen molar-refractivity contribution in [1.82, 2.24) is 9.88 Å². The van der Waals surface area contributed by atoms with Gasteiger partial charge in [0.05, 0.1) is 10.0 Å². The zero-order chi connectivity index (χ0) is 17.0. The predicted molar refractivity (Wildman–Crippen MR) is 111 cm³/mol. The lowest BCUT2D eigenvalue weighted by atomic mass is 10.1. The third-order valence-corrected chi connectivity index (χ3v) is 6.92. The molecule has 0 unspecified atom stereocenters. The zero-order valence-electron chi connectivity index (χ0n) is 14.3. The molecule has 1 fully saturated rings. The highest BCUT2D eigenvalue weighted by Crippen LogP contribution is 2.27. The number of hydrogen-bond acceptors (Lipinski definition) is 4. The van der Waals surface area contributed by atoms with Crippen molar-refractivity contribution < 1.29 is 0 Å². The molecule has 0 saturated carbocycles. The number of halogens is 2. The van der Waals surface area contributed by atoms with E-state index in [0.717, 1.165) is 10.8 Å². The molecule has 1 aliphatic heterocycles. The summed E-state index contributed by atoms with van der Waals surface area (Å²) in [5.41, 5.74) is 0. The van der Waals surface area contributed by atoms with Crippen LogP contribution in [0, 0.1) is 0 Å². The van der Waals surface area contributed by atoms with Crippen LogP contribution in [0.5, 0.6) is 0 Å². The normalized spacial score (nSPS) is 15.2. The van der Waals surface area contributed by atoms with Crippen molar-refractivity contribution in [1.29, 1.82) is 0 Å². The highest BCUT2D eigenvalue weighted by molar-refractivity contribution is 7.99. The molecule has 24 heavy (non-hydrogen) atoms. The zero-order valence-corrected chi connectivity index (χ0v) is 17.5. The van der Waals surface area contributed by atoms with Gasteiger partial charge in [0.1, 0.15) is 5.03 Å². The predicted octanol–water partition coefficient (Wildman–Crippen LogP) is 6.61. The van der Waals surface area contributed by atoms with Gasteiger partial charge in [-0.25, -0.2) is 4.98 Å². The van der Waals surface area contributed by atoms with Gasteiger partial charge in [-0.1, -0.05) is 61.7 Å². The Morgan fingerprint density at radius 1 is 1.04 bits per heavy atom. The van der Waals surface area contributed by atoms with Crippen molar-refractivity contribution in [3.63, 3.8) is 0 Å². The molecule has 0 atom stereocenters. The molecule has 2 nitrogen and oxygen atoms in total. The van der Waals surface area contributed by atoms with Crippen molar-refractivity contribution >= 4 is 46.7 Å². The standard InChI is InChI=1S/C18H28Cl2N2S2/c19-16-13-17(20)18(21-14-16)24-11-8-6-4-2-1-3-5-7-9-22-10-12-23-15-22/h13-14H,1-12,15H2. The van der Waals surface area contributed by atoms with Crippen molar-refractivity contribution in [2.24, 2.45) is 0 Å². The van der Waals surface area contributed by atoms with Gasteiger partial charge in [0, 0.05) is 24.4 Å². The van der Waals surface area contributed by atoms with Crippen molar-refractivity contribution in [2.75, 3.05) is 30.5 Å². The molecule has 2 rings (SSSR count). The third-order valence-electron chi connectivity index (χ3n) is 4.21. The number of nitrogens with zero attached hydrogens (tertiary/aromatic N) is 2. The Kier molecular flexibility index (Phi) is 10.9. The number of unbranched alkanes of at least 4 members (excludes halogenated alkanes) is 7. The molecular formula is C18H28Cl2N2S2. The van der Waals surface area contributed by atoms with E-state index < -0.39 is 0 Å². The first kappa shape index (κ1) is 20.7. The summed E-state index contributed by atoms with van der Waals surface area (Å²) >= 11 is 15.8. The summed E-state index contributed by atoms with van der Waals surface area (Å²) in [6.45, 7) is 2.62. The summed E-state index contributed by atoms with van der Waals surface area (Å²) in [5, 5.41) is 2.17. The molecule has 0 spiro atoms. The smallest absolute Gasteiger partial charge is 0.115 e. The molecule has 0 bridgehead atoms. The summed E-state index contributed by atoms with van der Waals surface area (Å²) in [5.74, 6) is 3.68. The first-order valence-corrected chi connectivity index (χ1v) is 11.9. The Hall–Kier alpha value is 0.390. The maximum Gasteiger partial charge on any atom is 0.115 e. The van der Waals surface area contributed by atoms with E-state index in [1.807, 2.05) is 0 Å². The monoisotopic (exact) mass is 406 g/mol. The Morgan fingerprint density at radius 3 is 2.42 bits per heavy atom. The van der Waals surface area contributed by atoms with Crippen molar-refractivity contribution in [3.05, 3.63) is 22.3 Å². The minimum Gasteiger partial charge on any atom is -0.293 e. The summed E-state index contributed by atoms with van der Waals surface area (Å²) in [6.07, 6.45) is 12.5. The van der Waals surface area contributed by atoms with Crippen LogP contribution in [0.25, 0.3) is 0 Å². The van der Waals surface area contributed by atoms with E-state index in [0.29, 0.717) is 10.0 Å². The number of thioether (sulfide) groups is 2.